The van der Waals surface area contributed by atoms with Gasteiger partial charge in [0.2, 0.25) is 5.91 Å². The van der Waals surface area contributed by atoms with E-state index in [4.69, 9.17) is 5.11 Å². The summed E-state index contributed by atoms with van der Waals surface area (Å²) >= 11 is 2.56. The second-order valence-electron chi connectivity index (χ2n) is 4.69. The molecule has 1 aromatic rings. The Labute approximate surface area is 121 Å². The van der Waals surface area contributed by atoms with E-state index in [-0.39, 0.29) is 11.2 Å². The van der Waals surface area contributed by atoms with Crippen molar-refractivity contribution in [2.45, 2.75) is 37.3 Å². The molecule has 4 nitrogen and oxygen atoms in total. The van der Waals surface area contributed by atoms with Crippen LogP contribution in [0.3, 0.4) is 0 Å². The molecule has 0 aliphatic carbocycles. The molecule has 0 spiro atoms. The van der Waals surface area contributed by atoms with E-state index in [0.29, 0.717) is 17.3 Å². The molecular weight excluding hydrogens is 282 g/mol. The van der Waals surface area contributed by atoms with Gasteiger partial charge in [-0.1, -0.05) is 13.8 Å². The van der Waals surface area contributed by atoms with Crippen molar-refractivity contribution < 1.29 is 14.7 Å². The first kappa shape index (κ1) is 16.0. The first-order valence-corrected chi connectivity index (χ1v) is 7.92. The van der Waals surface area contributed by atoms with Crippen molar-refractivity contribution in [3.63, 3.8) is 0 Å². The van der Waals surface area contributed by atoms with Crippen LogP contribution in [0.5, 0.6) is 0 Å². The molecular formula is C13H19NO3S2. The first-order valence-electron chi connectivity index (χ1n) is 6.16. The molecule has 2 N–H and O–H groups in total. The lowest BCUT2D eigenvalue weighted by atomic mass is 10.1. The van der Waals surface area contributed by atoms with E-state index in [1.165, 1.54) is 23.1 Å². The summed E-state index contributed by atoms with van der Waals surface area (Å²) in [4.78, 5) is 23.7. The standard InChI is InChI=1S/C13H19NO3S2/c1-8(2)4-5-14-12(15)9(3)19-10-6-11(13(16)17)18-7-10/h6-9H,4-5H2,1-3H3,(H,14,15)(H,16,17). The van der Waals surface area contributed by atoms with Gasteiger partial charge in [-0.2, -0.15) is 0 Å². The summed E-state index contributed by atoms with van der Waals surface area (Å²) in [5, 5.41) is 13.3. The number of rotatable bonds is 7. The summed E-state index contributed by atoms with van der Waals surface area (Å²) < 4.78 is 0. The van der Waals surface area contributed by atoms with Gasteiger partial charge in [-0.25, -0.2) is 4.79 Å². The lowest BCUT2D eigenvalue weighted by Gasteiger charge is -2.11. The number of carbonyl (C=O) groups excluding carboxylic acids is 1. The highest BCUT2D eigenvalue weighted by Crippen LogP contribution is 2.28. The van der Waals surface area contributed by atoms with E-state index in [2.05, 4.69) is 19.2 Å². The molecule has 1 unspecified atom stereocenters. The molecule has 6 heteroatoms. The molecule has 106 valence electrons. The summed E-state index contributed by atoms with van der Waals surface area (Å²) in [6, 6.07) is 1.61. The number of nitrogens with one attached hydrogen (secondary N) is 1. The van der Waals surface area contributed by atoms with Gasteiger partial charge in [0, 0.05) is 16.8 Å². The third-order valence-electron chi connectivity index (χ3n) is 2.49. The maximum Gasteiger partial charge on any atom is 0.345 e. The monoisotopic (exact) mass is 301 g/mol. The zero-order valence-corrected chi connectivity index (χ0v) is 12.9. The fraction of sp³-hybridized carbons (Fsp3) is 0.538. The van der Waals surface area contributed by atoms with Crippen LogP contribution in [0.25, 0.3) is 0 Å². The van der Waals surface area contributed by atoms with Gasteiger partial charge in [0.05, 0.1) is 5.25 Å². The molecule has 0 aliphatic rings. The third-order valence-corrected chi connectivity index (χ3v) is 4.63. The molecule has 0 fully saturated rings. The van der Waals surface area contributed by atoms with Gasteiger partial charge in [-0.05, 0) is 25.3 Å². The molecule has 1 atom stereocenters. The minimum Gasteiger partial charge on any atom is -0.477 e. The maximum atomic E-state index is 11.8. The van der Waals surface area contributed by atoms with E-state index in [0.717, 1.165) is 11.3 Å². The largest absolute Gasteiger partial charge is 0.477 e. The van der Waals surface area contributed by atoms with E-state index in [1.54, 1.807) is 11.4 Å². The zero-order chi connectivity index (χ0) is 14.4. The number of thioether (sulfide) groups is 1. The van der Waals surface area contributed by atoms with Crippen molar-refractivity contribution in [2.75, 3.05) is 6.54 Å². The van der Waals surface area contributed by atoms with Crippen molar-refractivity contribution in [1.82, 2.24) is 5.32 Å². The van der Waals surface area contributed by atoms with E-state index >= 15 is 0 Å². The summed E-state index contributed by atoms with van der Waals surface area (Å²) in [5.74, 6) is -0.363. The molecule has 0 saturated carbocycles. The molecule has 0 aromatic carbocycles. The lowest BCUT2D eigenvalue weighted by molar-refractivity contribution is -0.120. The number of hydrogen-bond acceptors (Lipinski definition) is 4. The molecule has 0 bridgehead atoms. The van der Waals surface area contributed by atoms with Gasteiger partial charge in [-0.3, -0.25) is 4.79 Å². The van der Waals surface area contributed by atoms with Crippen LogP contribution in [-0.4, -0.2) is 28.8 Å². The van der Waals surface area contributed by atoms with E-state index in [9.17, 15) is 9.59 Å². The highest BCUT2D eigenvalue weighted by atomic mass is 32.2. The molecule has 0 saturated heterocycles. The predicted molar refractivity (Wildman–Crippen MR) is 79.1 cm³/mol. The van der Waals surface area contributed by atoms with Crippen molar-refractivity contribution in [1.29, 1.82) is 0 Å². The third kappa shape index (κ3) is 5.65. The Hall–Kier alpha value is -1.01. The Morgan fingerprint density at radius 3 is 2.63 bits per heavy atom. The minimum atomic E-state index is -0.925. The normalized spacial score (nSPS) is 12.4. The summed E-state index contributed by atoms with van der Waals surface area (Å²) in [6.45, 7) is 6.74. The van der Waals surface area contributed by atoms with Crippen LogP contribution in [-0.2, 0) is 4.79 Å². The molecule has 1 heterocycles. The van der Waals surface area contributed by atoms with Gasteiger partial charge < -0.3 is 10.4 Å². The fourth-order valence-corrected chi connectivity index (χ4v) is 3.21. The molecule has 1 rings (SSSR count). The molecule has 1 amide bonds. The Bertz CT molecular complexity index is 443. The number of carboxylic acids is 1. The second-order valence-corrected chi connectivity index (χ2v) is 7.01. The fourth-order valence-electron chi connectivity index (χ4n) is 1.38. The molecule has 1 aromatic heterocycles. The number of amides is 1. The Morgan fingerprint density at radius 1 is 1.42 bits per heavy atom. The maximum absolute atomic E-state index is 11.8. The second kappa shape index (κ2) is 7.55. The average Bonchev–Trinajstić information content (AvgIpc) is 2.76. The first-order chi connectivity index (χ1) is 8.90. The number of thiophene rings is 1. The van der Waals surface area contributed by atoms with Crippen LogP contribution in [0, 0.1) is 5.92 Å². The zero-order valence-electron chi connectivity index (χ0n) is 11.3. The van der Waals surface area contributed by atoms with Gasteiger partial charge in [0.15, 0.2) is 0 Å². The Kier molecular flexibility index (Phi) is 6.37. The molecule has 0 radical (unpaired) electrons. The van der Waals surface area contributed by atoms with Crippen LogP contribution in [0.4, 0.5) is 0 Å². The van der Waals surface area contributed by atoms with Crippen LogP contribution in [0.1, 0.15) is 36.9 Å². The van der Waals surface area contributed by atoms with E-state index < -0.39 is 5.97 Å². The summed E-state index contributed by atoms with van der Waals surface area (Å²) in [5.41, 5.74) is 0. The Morgan fingerprint density at radius 2 is 2.11 bits per heavy atom. The van der Waals surface area contributed by atoms with Gasteiger partial charge in [-0.15, -0.1) is 23.1 Å². The topological polar surface area (TPSA) is 66.4 Å². The van der Waals surface area contributed by atoms with Gasteiger partial charge >= 0.3 is 5.97 Å². The lowest BCUT2D eigenvalue weighted by Crippen LogP contribution is -2.32. The SMILES string of the molecule is CC(C)CCNC(=O)C(C)Sc1csc(C(=O)O)c1. The Balaban J connectivity index is 2.42. The predicted octanol–water partition coefficient (Wildman–Crippen LogP) is 3.09. The summed E-state index contributed by atoms with van der Waals surface area (Å²) in [7, 11) is 0. The van der Waals surface area contributed by atoms with Crippen LogP contribution in [0.15, 0.2) is 16.3 Å². The number of hydrogen-bond donors (Lipinski definition) is 2. The highest BCUT2D eigenvalue weighted by molar-refractivity contribution is 8.00. The smallest absolute Gasteiger partial charge is 0.345 e. The molecule has 19 heavy (non-hydrogen) atoms. The van der Waals surface area contributed by atoms with E-state index in [1.807, 2.05) is 6.92 Å². The quantitative estimate of drug-likeness (QED) is 0.760. The van der Waals surface area contributed by atoms with Crippen molar-refractivity contribution in [2.24, 2.45) is 5.92 Å². The van der Waals surface area contributed by atoms with Crippen LogP contribution in [0.2, 0.25) is 0 Å². The molecule has 0 aliphatic heterocycles. The van der Waals surface area contributed by atoms with Crippen molar-refractivity contribution >= 4 is 35.0 Å². The average molecular weight is 301 g/mol. The van der Waals surface area contributed by atoms with Crippen molar-refractivity contribution in [3.8, 4) is 0 Å². The van der Waals surface area contributed by atoms with Gasteiger partial charge in [0.1, 0.15) is 4.88 Å². The van der Waals surface area contributed by atoms with Crippen LogP contribution < -0.4 is 5.32 Å². The summed E-state index contributed by atoms with van der Waals surface area (Å²) in [6.07, 6.45) is 0.963. The number of aromatic carboxylic acids is 1. The minimum absolute atomic E-state index is 0.00581. The van der Waals surface area contributed by atoms with Crippen LogP contribution >= 0.6 is 23.1 Å². The highest BCUT2D eigenvalue weighted by Gasteiger charge is 2.16. The number of carboxylic acid groups (broad SMARTS) is 1. The van der Waals surface area contributed by atoms with Crippen molar-refractivity contribution in [3.05, 3.63) is 16.3 Å². The number of carbonyl (C=O) groups is 2. The van der Waals surface area contributed by atoms with Gasteiger partial charge in [0.25, 0.3) is 0 Å².